The third-order valence-corrected chi connectivity index (χ3v) is 8.80. The normalized spacial score (nSPS) is 19.7. The van der Waals surface area contributed by atoms with Crippen LogP contribution in [0, 0.1) is 6.92 Å². The van der Waals surface area contributed by atoms with Gasteiger partial charge < -0.3 is 26.2 Å². The number of aromatic nitrogens is 2. The Hall–Kier alpha value is -3.35. The fraction of sp³-hybridized carbons (Fsp3) is 0.423. The van der Waals surface area contributed by atoms with Gasteiger partial charge in [-0.3, -0.25) is 14.4 Å². The molecule has 0 spiro atoms. The van der Waals surface area contributed by atoms with E-state index >= 15 is 0 Å². The Bertz CT molecular complexity index is 1290. The van der Waals surface area contributed by atoms with Gasteiger partial charge in [0.15, 0.2) is 0 Å². The minimum atomic E-state index is -0.316. The van der Waals surface area contributed by atoms with E-state index in [4.69, 9.17) is 5.73 Å². The number of piperazine rings is 1. The maximum atomic E-state index is 13.1. The molecule has 38 heavy (non-hydrogen) atoms. The van der Waals surface area contributed by atoms with Gasteiger partial charge in [0.25, 0.3) is 17.7 Å². The van der Waals surface area contributed by atoms with E-state index in [-0.39, 0.29) is 29.8 Å². The summed E-state index contributed by atoms with van der Waals surface area (Å²) in [5.41, 5.74) is 8.38. The van der Waals surface area contributed by atoms with E-state index in [9.17, 15) is 14.4 Å². The Morgan fingerprint density at radius 3 is 2.45 bits per heavy atom. The molecule has 2 aromatic heterocycles. The van der Waals surface area contributed by atoms with Gasteiger partial charge in [-0.25, -0.2) is 0 Å². The number of anilines is 2. The van der Waals surface area contributed by atoms with Crippen molar-refractivity contribution in [3.8, 4) is 0 Å². The molecule has 0 bridgehead atoms. The molecule has 200 valence electrons. The molecule has 0 unspecified atom stereocenters. The van der Waals surface area contributed by atoms with Crippen molar-refractivity contribution >= 4 is 52.0 Å². The van der Waals surface area contributed by atoms with Crippen LogP contribution in [0.15, 0.2) is 35.7 Å². The van der Waals surface area contributed by atoms with Crippen LogP contribution in [0.5, 0.6) is 0 Å². The van der Waals surface area contributed by atoms with Crippen molar-refractivity contribution < 1.29 is 14.4 Å². The topological polar surface area (TPSA) is 134 Å². The van der Waals surface area contributed by atoms with Gasteiger partial charge in [-0.1, -0.05) is 10.6 Å². The summed E-state index contributed by atoms with van der Waals surface area (Å²) in [6.07, 6.45) is 3.52. The molecule has 5 rings (SSSR count). The van der Waals surface area contributed by atoms with Crippen LogP contribution in [0.1, 0.15) is 61.1 Å². The minimum Gasteiger partial charge on any atom is -0.366 e. The first kappa shape index (κ1) is 26.3. The van der Waals surface area contributed by atoms with Gasteiger partial charge in [0.1, 0.15) is 4.88 Å². The smallest absolute Gasteiger partial charge is 0.269 e. The molecule has 1 saturated carbocycles. The molecule has 1 aliphatic carbocycles. The lowest BCUT2D eigenvalue weighted by atomic mass is 9.91. The van der Waals surface area contributed by atoms with Crippen molar-refractivity contribution in [2.75, 3.05) is 36.4 Å². The molecule has 1 saturated heterocycles. The fourth-order valence-electron chi connectivity index (χ4n) is 4.91. The number of rotatable bonds is 6. The van der Waals surface area contributed by atoms with Gasteiger partial charge in [0.2, 0.25) is 0 Å². The van der Waals surface area contributed by atoms with Crippen molar-refractivity contribution in [2.45, 2.75) is 44.7 Å². The number of benzene rings is 1. The van der Waals surface area contributed by atoms with Crippen LogP contribution in [-0.4, -0.2) is 70.5 Å². The van der Waals surface area contributed by atoms with E-state index < -0.39 is 0 Å². The second-order valence-corrected chi connectivity index (χ2v) is 11.4. The molecule has 3 aromatic rings. The summed E-state index contributed by atoms with van der Waals surface area (Å²) in [6.45, 7) is 4.08. The number of carbonyl (C=O) groups is 3. The van der Waals surface area contributed by atoms with Crippen LogP contribution in [0.25, 0.3) is 0 Å². The monoisotopic (exact) mass is 553 g/mol. The molecule has 0 atom stereocenters. The second-order valence-electron chi connectivity index (χ2n) is 9.72. The zero-order valence-electron chi connectivity index (χ0n) is 21.2. The highest BCUT2D eigenvalue weighted by Crippen LogP contribution is 2.30. The lowest BCUT2D eigenvalue weighted by Gasteiger charge is -2.37. The van der Waals surface area contributed by atoms with Crippen LogP contribution in [-0.2, 0) is 0 Å². The average Bonchev–Trinajstić information content (AvgIpc) is 3.62. The third kappa shape index (κ3) is 5.87. The van der Waals surface area contributed by atoms with Gasteiger partial charge >= 0.3 is 0 Å². The predicted molar refractivity (Wildman–Crippen MR) is 149 cm³/mol. The molecule has 3 amide bonds. The standard InChI is InChI=1S/C26H31N7O3S2/c1-16-23(38-31-30-16)25(35)29-20-15-17(24(34)28-19-7-5-18(27)6-8-19)4-9-21(20)32-10-12-33(13-11-32)26(36)22-3-2-14-37-22/h2-4,9,14-15,18-19H,5-8,10-13,27H2,1H3,(H,28,34)(H,29,35). The molecule has 2 fully saturated rings. The maximum absolute atomic E-state index is 13.1. The van der Waals surface area contributed by atoms with Gasteiger partial charge in [-0.15, -0.1) is 16.4 Å². The highest BCUT2D eigenvalue weighted by molar-refractivity contribution is 7.12. The Morgan fingerprint density at radius 1 is 1.03 bits per heavy atom. The molecule has 2 aliphatic rings. The summed E-state index contributed by atoms with van der Waals surface area (Å²) in [7, 11) is 0. The zero-order valence-corrected chi connectivity index (χ0v) is 22.8. The number of thiophene rings is 1. The molecule has 1 aliphatic heterocycles. The van der Waals surface area contributed by atoms with Crippen molar-refractivity contribution in [1.82, 2.24) is 19.8 Å². The summed E-state index contributed by atoms with van der Waals surface area (Å²) in [4.78, 5) is 44.1. The van der Waals surface area contributed by atoms with Crippen LogP contribution in [0.3, 0.4) is 0 Å². The maximum Gasteiger partial charge on any atom is 0.269 e. The van der Waals surface area contributed by atoms with E-state index in [0.29, 0.717) is 48.0 Å². The number of aryl methyl sites for hydroxylation is 1. The van der Waals surface area contributed by atoms with Crippen molar-refractivity contribution in [3.63, 3.8) is 0 Å². The number of hydrogen-bond donors (Lipinski definition) is 3. The SMILES string of the molecule is Cc1nnsc1C(=O)Nc1cc(C(=O)NC2CCC(N)CC2)ccc1N1CCN(C(=O)c2cccs2)CC1. The number of nitrogens with zero attached hydrogens (tertiary/aromatic N) is 4. The highest BCUT2D eigenvalue weighted by Gasteiger charge is 2.26. The Morgan fingerprint density at radius 2 is 1.79 bits per heavy atom. The van der Waals surface area contributed by atoms with E-state index in [0.717, 1.165) is 47.8 Å². The predicted octanol–water partition coefficient (Wildman–Crippen LogP) is 3.12. The fourth-order valence-corrected chi connectivity index (χ4v) is 6.15. The molecular formula is C26H31N7O3S2. The van der Waals surface area contributed by atoms with Gasteiger partial charge in [-0.05, 0) is 73.8 Å². The summed E-state index contributed by atoms with van der Waals surface area (Å²) in [5, 5.41) is 12.0. The van der Waals surface area contributed by atoms with Crippen LogP contribution < -0.4 is 21.3 Å². The first-order valence-corrected chi connectivity index (χ1v) is 14.4. The lowest BCUT2D eigenvalue weighted by Crippen LogP contribution is -2.48. The van der Waals surface area contributed by atoms with Crippen LogP contribution in [0.2, 0.25) is 0 Å². The van der Waals surface area contributed by atoms with Crippen molar-refractivity contribution in [1.29, 1.82) is 0 Å². The Balaban J connectivity index is 1.34. The molecule has 0 radical (unpaired) electrons. The number of amides is 3. The number of carbonyl (C=O) groups excluding carboxylic acids is 3. The van der Waals surface area contributed by atoms with Gasteiger partial charge in [0, 0.05) is 43.8 Å². The largest absolute Gasteiger partial charge is 0.366 e. The molecule has 12 heteroatoms. The van der Waals surface area contributed by atoms with Crippen molar-refractivity contribution in [2.24, 2.45) is 5.73 Å². The number of nitrogens with two attached hydrogens (primary N) is 1. The van der Waals surface area contributed by atoms with Crippen LogP contribution >= 0.6 is 22.9 Å². The van der Waals surface area contributed by atoms with Gasteiger partial charge in [0.05, 0.1) is 21.9 Å². The minimum absolute atomic E-state index is 0.0389. The number of hydrogen-bond acceptors (Lipinski definition) is 9. The Labute approximate surface area is 229 Å². The first-order valence-electron chi connectivity index (χ1n) is 12.8. The Kier molecular flexibility index (Phi) is 8.01. The third-order valence-electron chi connectivity index (χ3n) is 7.11. The van der Waals surface area contributed by atoms with Crippen molar-refractivity contribution in [3.05, 3.63) is 56.7 Å². The van der Waals surface area contributed by atoms with E-state index in [1.807, 2.05) is 28.5 Å². The molecule has 10 nitrogen and oxygen atoms in total. The summed E-state index contributed by atoms with van der Waals surface area (Å²) >= 11 is 2.48. The molecule has 1 aromatic carbocycles. The van der Waals surface area contributed by atoms with E-state index in [2.05, 4.69) is 25.1 Å². The summed E-state index contributed by atoms with van der Waals surface area (Å²) in [5.74, 6) is -0.448. The molecule has 3 heterocycles. The zero-order chi connectivity index (χ0) is 26.6. The quantitative estimate of drug-likeness (QED) is 0.427. The van der Waals surface area contributed by atoms with E-state index in [1.54, 1.807) is 19.1 Å². The van der Waals surface area contributed by atoms with Gasteiger partial charge in [-0.2, -0.15) is 0 Å². The molecular weight excluding hydrogens is 522 g/mol. The van der Waals surface area contributed by atoms with Crippen LogP contribution in [0.4, 0.5) is 11.4 Å². The van der Waals surface area contributed by atoms with E-state index in [1.165, 1.54) is 11.3 Å². The second kappa shape index (κ2) is 11.6. The summed E-state index contributed by atoms with van der Waals surface area (Å²) < 4.78 is 3.87. The average molecular weight is 554 g/mol. The lowest BCUT2D eigenvalue weighted by molar-refractivity contribution is 0.0751. The molecule has 4 N–H and O–H groups in total. The first-order chi connectivity index (χ1) is 18.4. The number of nitrogens with one attached hydrogen (secondary N) is 2. The summed E-state index contributed by atoms with van der Waals surface area (Å²) in [6, 6.07) is 9.41. The highest BCUT2D eigenvalue weighted by atomic mass is 32.1.